The fourth-order valence-corrected chi connectivity index (χ4v) is 7.06. The number of halogens is 3. The summed E-state index contributed by atoms with van der Waals surface area (Å²) in [5.41, 5.74) is 5.77. The van der Waals surface area contributed by atoms with E-state index in [9.17, 15) is 23.5 Å². The third-order valence-electron chi connectivity index (χ3n) is 9.40. The van der Waals surface area contributed by atoms with Crippen molar-refractivity contribution < 1.29 is 28.2 Å². The maximum absolute atomic E-state index is 13.7. The van der Waals surface area contributed by atoms with Gasteiger partial charge in [0.15, 0.2) is 17.9 Å². The topological polar surface area (TPSA) is 130 Å². The van der Waals surface area contributed by atoms with E-state index in [-0.39, 0.29) is 28.3 Å². The van der Waals surface area contributed by atoms with E-state index in [0.29, 0.717) is 46.6 Å². The van der Waals surface area contributed by atoms with Gasteiger partial charge in [0.25, 0.3) is 6.43 Å². The molecule has 0 aliphatic heterocycles. The highest BCUT2D eigenvalue weighted by molar-refractivity contribution is 6.36. The van der Waals surface area contributed by atoms with Gasteiger partial charge in [0.1, 0.15) is 5.52 Å². The Morgan fingerprint density at radius 2 is 1.78 bits per heavy atom. The number of hydrogen-bond donors (Lipinski definition) is 2. The van der Waals surface area contributed by atoms with Crippen LogP contribution in [0.3, 0.4) is 0 Å². The number of carbonyl (C=O) groups excluding carboxylic acids is 1. The molecule has 1 fully saturated rings. The number of nitrogens with one attached hydrogen (secondary N) is 1. The molecule has 0 atom stereocenters. The summed E-state index contributed by atoms with van der Waals surface area (Å²) < 4.78 is 33.2. The second-order valence-corrected chi connectivity index (χ2v) is 13.3. The summed E-state index contributed by atoms with van der Waals surface area (Å²) in [6.07, 6.45) is 2.23. The van der Waals surface area contributed by atoms with Gasteiger partial charge in [-0.1, -0.05) is 48.0 Å². The molecule has 0 spiro atoms. The lowest BCUT2D eigenvalue weighted by Crippen LogP contribution is -2.30. The molecule has 0 unspecified atom stereocenters. The Morgan fingerprint density at radius 3 is 2.49 bits per heavy atom. The van der Waals surface area contributed by atoms with E-state index in [1.807, 2.05) is 56.4 Å². The molecule has 264 valence electrons. The van der Waals surface area contributed by atoms with Crippen molar-refractivity contribution >= 4 is 46.4 Å². The van der Waals surface area contributed by atoms with Gasteiger partial charge in [-0.2, -0.15) is 0 Å². The first-order valence-electron chi connectivity index (χ1n) is 16.6. The van der Waals surface area contributed by atoms with Crippen LogP contribution in [-0.2, 0) is 11.3 Å². The number of fused-ring (bicyclic) bond motifs is 1. The second-order valence-electron chi connectivity index (χ2n) is 12.9. The van der Waals surface area contributed by atoms with Crippen molar-refractivity contribution in [2.45, 2.75) is 45.6 Å². The van der Waals surface area contributed by atoms with Crippen molar-refractivity contribution in [3.8, 4) is 28.3 Å². The number of aliphatic carboxylic acids is 1. The maximum atomic E-state index is 13.7. The van der Waals surface area contributed by atoms with Gasteiger partial charge in [-0.3, -0.25) is 9.59 Å². The van der Waals surface area contributed by atoms with E-state index >= 15 is 0 Å². The first-order valence-corrected chi connectivity index (χ1v) is 17.0. The molecule has 0 bridgehead atoms. The Balaban J connectivity index is 1.25. The van der Waals surface area contributed by atoms with E-state index in [1.165, 1.54) is 12.3 Å². The van der Waals surface area contributed by atoms with Crippen molar-refractivity contribution in [2.24, 2.45) is 11.8 Å². The molecule has 0 saturated heterocycles. The summed E-state index contributed by atoms with van der Waals surface area (Å²) in [6, 6.07) is 16.5. The van der Waals surface area contributed by atoms with Gasteiger partial charge in [-0.15, -0.1) is 0 Å². The predicted octanol–water partition coefficient (Wildman–Crippen LogP) is 8.54. The number of anilines is 2. The smallest absolute Gasteiger partial charge is 0.306 e. The third-order valence-corrected chi connectivity index (χ3v) is 9.80. The fourth-order valence-electron chi connectivity index (χ4n) is 6.73. The van der Waals surface area contributed by atoms with Crippen molar-refractivity contribution in [1.82, 2.24) is 24.8 Å². The number of nitrogens with zero attached hydrogens (tertiary/aromatic N) is 5. The normalized spacial score (nSPS) is 16.1. The quantitative estimate of drug-likeness (QED) is 0.121. The Bertz CT molecular complexity index is 2090. The van der Waals surface area contributed by atoms with Crippen LogP contribution in [0, 0.1) is 18.8 Å². The van der Waals surface area contributed by atoms with Gasteiger partial charge in [0.05, 0.1) is 29.3 Å². The maximum Gasteiger partial charge on any atom is 0.306 e. The SMILES string of the molecule is COc1nc(-c2cccc(-c3cccc(Nc4nc(C(F)F)nc5cc(C=O)cnc45)c3C)c2Cl)ccc1CN(C)CC1CCC(C(=O)O)CC1. The molecule has 2 N–H and O–H groups in total. The number of benzene rings is 2. The molecule has 1 saturated carbocycles. The summed E-state index contributed by atoms with van der Waals surface area (Å²) in [5, 5.41) is 12.9. The Kier molecular flexibility index (Phi) is 10.8. The Hall–Kier alpha value is -5.07. The van der Waals surface area contributed by atoms with Gasteiger partial charge in [0.2, 0.25) is 5.88 Å². The van der Waals surface area contributed by atoms with Crippen LogP contribution >= 0.6 is 11.6 Å². The van der Waals surface area contributed by atoms with E-state index in [1.54, 1.807) is 13.2 Å². The van der Waals surface area contributed by atoms with Crippen LogP contribution in [0.1, 0.15) is 59.4 Å². The highest BCUT2D eigenvalue weighted by atomic mass is 35.5. The van der Waals surface area contributed by atoms with Crippen LogP contribution in [0.2, 0.25) is 5.02 Å². The Morgan fingerprint density at radius 1 is 1.06 bits per heavy atom. The van der Waals surface area contributed by atoms with Gasteiger partial charge in [0, 0.05) is 47.2 Å². The molecule has 1 aliphatic carbocycles. The number of ether oxygens (including phenoxy) is 1. The molecular weight excluding hydrogens is 678 g/mol. The van der Waals surface area contributed by atoms with Crippen LogP contribution in [0.15, 0.2) is 60.8 Å². The van der Waals surface area contributed by atoms with Crippen molar-refractivity contribution in [3.05, 3.63) is 88.3 Å². The number of alkyl halides is 2. The molecule has 1 aliphatic rings. The molecule has 51 heavy (non-hydrogen) atoms. The molecule has 6 rings (SSSR count). The third kappa shape index (κ3) is 7.82. The monoisotopic (exact) mass is 714 g/mol. The molecule has 0 radical (unpaired) electrons. The molecule has 3 aromatic heterocycles. The Labute approximate surface area is 298 Å². The minimum Gasteiger partial charge on any atom is -0.481 e. The van der Waals surface area contributed by atoms with Gasteiger partial charge >= 0.3 is 5.97 Å². The number of rotatable bonds is 12. The van der Waals surface area contributed by atoms with Crippen LogP contribution in [0.5, 0.6) is 5.88 Å². The van der Waals surface area contributed by atoms with Crippen LogP contribution < -0.4 is 10.1 Å². The van der Waals surface area contributed by atoms with Crippen LogP contribution in [-0.4, -0.2) is 62.9 Å². The second kappa shape index (κ2) is 15.4. The number of carbonyl (C=O) groups is 2. The molecule has 3 heterocycles. The van der Waals surface area contributed by atoms with Gasteiger partial charge in [-0.25, -0.2) is 28.7 Å². The first kappa shape index (κ1) is 35.7. The molecule has 0 amide bonds. The summed E-state index contributed by atoms with van der Waals surface area (Å²) in [5.74, 6) is -0.582. The number of pyridine rings is 2. The number of carboxylic acid groups (broad SMARTS) is 1. The highest BCUT2D eigenvalue weighted by Gasteiger charge is 2.27. The van der Waals surface area contributed by atoms with Crippen molar-refractivity contribution in [2.75, 3.05) is 26.0 Å². The number of methoxy groups -OCH3 is 1. The van der Waals surface area contributed by atoms with Crippen molar-refractivity contribution in [1.29, 1.82) is 0 Å². The lowest BCUT2D eigenvalue weighted by molar-refractivity contribution is -0.143. The highest BCUT2D eigenvalue weighted by Crippen LogP contribution is 2.40. The number of aldehydes is 1. The zero-order valence-corrected chi connectivity index (χ0v) is 29.1. The summed E-state index contributed by atoms with van der Waals surface area (Å²) in [7, 11) is 3.64. The minimum absolute atomic E-state index is 0.0837. The standard InChI is InChI=1S/C38H37ClF2N6O4/c1-21-26(6-5-9-29(21)43-35-33-31(16-23(20-48)17-42-33)44-36(46-35)34(40)41)27-7-4-8-28(32(27)39)30-15-14-25(37(45-30)51-3)19-47(2)18-22-10-12-24(13-11-22)38(49)50/h4-9,14-17,20,22,24,34H,10-13,18-19H2,1-3H3,(H,49,50)(H,43,44,46). The lowest BCUT2D eigenvalue weighted by atomic mass is 9.82. The molecule has 10 nitrogen and oxygen atoms in total. The summed E-state index contributed by atoms with van der Waals surface area (Å²) >= 11 is 7.09. The predicted molar refractivity (Wildman–Crippen MR) is 192 cm³/mol. The van der Waals surface area contributed by atoms with Crippen LogP contribution in [0.25, 0.3) is 33.4 Å². The minimum atomic E-state index is -2.93. The molecule has 13 heteroatoms. The molecule has 5 aromatic rings. The van der Waals surface area contributed by atoms with E-state index in [2.05, 4.69) is 25.2 Å². The zero-order chi connectivity index (χ0) is 36.2. The first-order chi connectivity index (χ1) is 24.6. The van der Waals surface area contributed by atoms with Crippen molar-refractivity contribution in [3.63, 3.8) is 0 Å². The van der Waals surface area contributed by atoms with Gasteiger partial charge in [-0.05, 0) is 74.9 Å². The average Bonchev–Trinajstić information content (AvgIpc) is 3.12. The largest absolute Gasteiger partial charge is 0.481 e. The summed E-state index contributed by atoms with van der Waals surface area (Å²) in [6.45, 7) is 3.37. The van der Waals surface area contributed by atoms with Gasteiger partial charge < -0.3 is 20.1 Å². The lowest BCUT2D eigenvalue weighted by Gasteiger charge is -2.29. The van der Waals surface area contributed by atoms with E-state index in [0.717, 1.165) is 54.5 Å². The number of aromatic nitrogens is 4. The average molecular weight is 715 g/mol. The van der Waals surface area contributed by atoms with E-state index in [4.69, 9.17) is 21.3 Å². The van der Waals surface area contributed by atoms with Crippen LogP contribution in [0.4, 0.5) is 20.3 Å². The zero-order valence-electron chi connectivity index (χ0n) is 28.4. The fraction of sp³-hybridized carbons (Fsp3) is 0.316. The molecule has 2 aromatic carbocycles. The van der Waals surface area contributed by atoms with E-state index < -0.39 is 18.2 Å². The molecular formula is C38H37ClF2N6O4. The number of carboxylic acids is 1. The summed E-state index contributed by atoms with van der Waals surface area (Å²) in [4.78, 5) is 41.9. The number of hydrogen-bond acceptors (Lipinski definition) is 9.